The molecule has 0 spiro atoms. The zero-order valence-electron chi connectivity index (χ0n) is 13.1. The van der Waals surface area contributed by atoms with E-state index >= 15 is 0 Å². The minimum atomic E-state index is -0.975. The molecule has 1 fully saturated rings. The van der Waals surface area contributed by atoms with Crippen LogP contribution in [0.3, 0.4) is 0 Å². The smallest absolute Gasteiger partial charge is 0.137 e. The normalized spacial score (nSPS) is 30.7. The third-order valence-electron chi connectivity index (χ3n) is 5.33. The standard InChI is InChI=1S/C17H21ClFN3O/c1-16(9-18)7-6-14(8-13-2-4-15(19)5-3-13)17(16,23)10-22-12-20-11-21-22/h2-5,11-12,14,23H,6-10H2,1H3. The van der Waals surface area contributed by atoms with Crippen LogP contribution in [-0.2, 0) is 13.0 Å². The van der Waals surface area contributed by atoms with Crippen LogP contribution in [0.4, 0.5) is 4.39 Å². The molecule has 1 saturated carbocycles. The van der Waals surface area contributed by atoms with Gasteiger partial charge in [0.25, 0.3) is 0 Å². The van der Waals surface area contributed by atoms with Crippen LogP contribution in [0.15, 0.2) is 36.9 Å². The quantitative estimate of drug-likeness (QED) is 0.853. The van der Waals surface area contributed by atoms with Gasteiger partial charge < -0.3 is 5.11 Å². The number of nitrogens with zero attached hydrogens (tertiary/aromatic N) is 3. The third-order valence-corrected chi connectivity index (χ3v) is 5.91. The minimum Gasteiger partial charge on any atom is -0.387 e. The summed E-state index contributed by atoms with van der Waals surface area (Å²) in [6.45, 7) is 2.39. The van der Waals surface area contributed by atoms with Gasteiger partial charge in [-0.1, -0.05) is 19.1 Å². The van der Waals surface area contributed by atoms with Gasteiger partial charge in [0.05, 0.1) is 12.1 Å². The van der Waals surface area contributed by atoms with Crippen molar-refractivity contribution in [1.82, 2.24) is 14.8 Å². The summed E-state index contributed by atoms with van der Waals surface area (Å²) in [7, 11) is 0. The average Bonchev–Trinajstić information content (AvgIpc) is 3.12. The first-order valence-electron chi connectivity index (χ1n) is 7.82. The van der Waals surface area contributed by atoms with Crippen molar-refractivity contribution < 1.29 is 9.50 Å². The van der Waals surface area contributed by atoms with E-state index in [1.165, 1.54) is 18.5 Å². The van der Waals surface area contributed by atoms with E-state index in [4.69, 9.17) is 11.6 Å². The fourth-order valence-electron chi connectivity index (χ4n) is 3.68. The summed E-state index contributed by atoms with van der Waals surface area (Å²) in [4.78, 5) is 3.95. The van der Waals surface area contributed by atoms with Crippen LogP contribution in [-0.4, -0.2) is 31.4 Å². The van der Waals surface area contributed by atoms with E-state index in [0.717, 1.165) is 18.4 Å². The fraction of sp³-hybridized carbons (Fsp3) is 0.529. The Labute approximate surface area is 140 Å². The van der Waals surface area contributed by atoms with Crippen molar-refractivity contribution in [3.05, 3.63) is 48.3 Å². The highest BCUT2D eigenvalue weighted by Crippen LogP contribution is 2.52. The summed E-state index contributed by atoms with van der Waals surface area (Å²) < 4.78 is 14.8. The highest BCUT2D eigenvalue weighted by molar-refractivity contribution is 6.18. The van der Waals surface area contributed by atoms with E-state index in [2.05, 4.69) is 10.1 Å². The van der Waals surface area contributed by atoms with Gasteiger partial charge >= 0.3 is 0 Å². The second-order valence-electron chi connectivity index (χ2n) is 6.78. The molecule has 1 aromatic heterocycles. The lowest BCUT2D eigenvalue weighted by molar-refractivity contribution is -0.0891. The molecule has 1 aliphatic rings. The van der Waals surface area contributed by atoms with Gasteiger partial charge in [0.1, 0.15) is 18.5 Å². The lowest BCUT2D eigenvalue weighted by Crippen LogP contribution is -2.51. The largest absolute Gasteiger partial charge is 0.387 e. The molecule has 0 amide bonds. The molecular formula is C17H21ClFN3O. The Hall–Kier alpha value is -1.46. The molecule has 124 valence electrons. The summed E-state index contributed by atoms with van der Waals surface area (Å²) in [5.41, 5.74) is -0.338. The van der Waals surface area contributed by atoms with Crippen LogP contribution < -0.4 is 0 Å². The molecule has 4 nitrogen and oxygen atoms in total. The predicted octanol–water partition coefficient (Wildman–Crippen LogP) is 3.05. The Bertz CT molecular complexity index is 648. The molecule has 0 aliphatic heterocycles. The minimum absolute atomic E-state index is 0.0425. The molecule has 3 unspecified atom stereocenters. The molecule has 1 aliphatic carbocycles. The van der Waals surface area contributed by atoms with Crippen LogP contribution in [0.2, 0.25) is 0 Å². The summed E-state index contributed by atoms with van der Waals surface area (Å²) in [6.07, 6.45) is 5.50. The van der Waals surface area contributed by atoms with Crippen molar-refractivity contribution in [2.24, 2.45) is 11.3 Å². The fourth-order valence-corrected chi connectivity index (χ4v) is 4.05. The number of rotatable bonds is 5. The molecule has 2 aromatic rings. The summed E-state index contributed by atoms with van der Waals surface area (Å²) in [5, 5.41) is 15.6. The van der Waals surface area contributed by atoms with Gasteiger partial charge in [0.2, 0.25) is 0 Å². The van der Waals surface area contributed by atoms with E-state index in [1.807, 2.05) is 6.92 Å². The second kappa shape index (κ2) is 6.21. The van der Waals surface area contributed by atoms with Crippen molar-refractivity contribution in [1.29, 1.82) is 0 Å². The molecule has 23 heavy (non-hydrogen) atoms. The van der Waals surface area contributed by atoms with Gasteiger partial charge in [0, 0.05) is 11.3 Å². The van der Waals surface area contributed by atoms with Crippen LogP contribution in [0, 0.1) is 17.2 Å². The summed E-state index contributed by atoms with van der Waals surface area (Å²) >= 11 is 6.21. The van der Waals surface area contributed by atoms with Crippen molar-refractivity contribution in [2.45, 2.75) is 38.3 Å². The Morgan fingerprint density at radius 2 is 2.13 bits per heavy atom. The SMILES string of the molecule is CC1(CCl)CCC(Cc2ccc(F)cc2)C1(O)Cn1cncn1. The number of halogens is 2. The number of hydrogen-bond donors (Lipinski definition) is 1. The highest BCUT2D eigenvalue weighted by atomic mass is 35.5. The Morgan fingerprint density at radius 3 is 2.74 bits per heavy atom. The molecule has 1 aromatic carbocycles. The molecule has 3 atom stereocenters. The van der Waals surface area contributed by atoms with Gasteiger partial charge in [-0.15, -0.1) is 11.6 Å². The number of alkyl halides is 1. The molecule has 3 rings (SSSR count). The molecule has 0 bridgehead atoms. The van der Waals surface area contributed by atoms with Crippen LogP contribution in [0.1, 0.15) is 25.3 Å². The Morgan fingerprint density at radius 1 is 1.39 bits per heavy atom. The van der Waals surface area contributed by atoms with E-state index in [0.29, 0.717) is 18.8 Å². The van der Waals surface area contributed by atoms with E-state index in [1.54, 1.807) is 23.1 Å². The van der Waals surface area contributed by atoms with Gasteiger partial charge in [-0.3, -0.25) is 4.68 Å². The molecular weight excluding hydrogens is 317 g/mol. The number of benzene rings is 1. The van der Waals surface area contributed by atoms with Gasteiger partial charge in [-0.25, -0.2) is 9.37 Å². The zero-order valence-corrected chi connectivity index (χ0v) is 13.9. The molecule has 6 heteroatoms. The maximum atomic E-state index is 13.1. The average molecular weight is 338 g/mol. The van der Waals surface area contributed by atoms with Crippen molar-refractivity contribution in [3.63, 3.8) is 0 Å². The summed E-state index contributed by atoms with van der Waals surface area (Å²) in [5.74, 6) is 0.183. The third kappa shape index (κ3) is 3.00. The van der Waals surface area contributed by atoms with Crippen LogP contribution >= 0.6 is 11.6 Å². The predicted molar refractivity (Wildman–Crippen MR) is 86.6 cm³/mol. The number of aliphatic hydroxyl groups is 1. The molecule has 0 radical (unpaired) electrons. The van der Waals surface area contributed by atoms with E-state index in [-0.39, 0.29) is 17.2 Å². The van der Waals surface area contributed by atoms with Gasteiger partial charge in [-0.05, 0) is 42.9 Å². The van der Waals surface area contributed by atoms with Gasteiger partial charge in [-0.2, -0.15) is 5.10 Å². The van der Waals surface area contributed by atoms with Crippen molar-refractivity contribution in [2.75, 3.05) is 5.88 Å². The van der Waals surface area contributed by atoms with Crippen molar-refractivity contribution >= 4 is 11.6 Å². The maximum absolute atomic E-state index is 13.1. The van der Waals surface area contributed by atoms with E-state index < -0.39 is 5.60 Å². The summed E-state index contributed by atoms with van der Waals surface area (Å²) in [6, 6.07) is 6.48. The lowest BCUT2D eigenvalue weighted by atomic mass is 9.72. The lowest BCUT2D eigenvalue weighted by Gasteiger charge is -2.42. The van der Waals surface area contributed by atoms with Crippen molar-refractivity contribution in [3.8, 4) is 0 Å². The first kappa shape index (κ1) is 16.4. The van der Waals surface area contributed by atoms with E-state index in [9.17, 15) is 9.50 Å². The zero-order chi connectivity index (χ0) is 16.5. The Kier molecular flexibility index (Phi) is 4.43. The topological polar surface area (TPSA) is 50.9 Å². The maximum Gasteiger partial charge on any atom is 0.137 e. The first-order valence-corrected chi connectivity index (χ1v) is 8.35. The molecule has 1 N–H and O–H groups in total. The first-order chi connectivity index (χ1) is 11.0. The van der Waals surface area contributed by atoms with Crippen LogP contribution in [0.5, 0.6) is 0 Å². The second-order valence-corrected chi connectivity index (χ2v) is 7.05. The number of hydrogen-bond acceptors (Lipinski definition) is 3. The Balaban J connectivity index is 1.87. The van der Waals surface area contributed by atoms with Crippen LogP contribution in [0.25, 0.3) is 0 Å². The molecule has 0 saturated heterocycles. The number of aromatic nitrogens is 3. The van der Waals surface area contributed by atoms with Gasteiger partial charge in [0.15, 0.2) is 0 Å². The monoisotopic (exact) mass is 337 g/mol. The molecule has 1 heterocycles. The highest BCUT2D eigenvalue weighted by Gasteiger charge is 2.56.